The van der Waals surface area contributed by atoms with Crippen molar-refractivity contribution in [1.29, 1.82) is 0 Å². The van der Waals surface area contributed by atoms with E-state index in [2.05, 4.69) is 20.3 Å². The van der Waals surface area contributed by atoms with E-state index >= 15 is 0 Å². The minimum atomic E-state index is -1.21. The van der Waals surface area contributed by atoms with Crippen LogP contribution in [0.4, 0.5) is 5.82 Å². The minimum absolute atomic E-state index is 0.401. The Hall–Kier alpha value is -2.79. The molecular formula is C18H21N5O5. The molecule has 0 radical (unpaired) electrons. The quantitative estimate of drug-likeness (QED) is 0.463. The molecule has 1 fully saturated rings. The van der Waals surface area contributed by atoms with Gasteiger partial charge in [0.25, 0.3) is 0 Å². The Balaban J connectivity index is 1.61. The molecule has 1 aliphatic rings. The maximum absolute atomic E-state index is 10.3. The molecule has 1 aromatic carbocycles. The molecular weight excluding hydrogens is 366 g/mol. The Kier molecular flexibility index (Phi) is 5.09. The Morgan fingerprint density at radius 2 is 2.00 bits per heavy atom. The zero-order valence-corrected chi connectivity index (χ0v) is 15.1. The average Bonchev–Trinajstić information content (AvgIpc) is 3.28. The molecule has 0 aliphatic carbocycles. The number of benzene rings is 1. The van der Waals surface area contributed by atoms with Crippen molar-refractivity contribution in [3.05, 3.63) is 42.5 Å². The number of anilines is 1. The van der Waals surface area contributed by atoms with Crippen LogP contribution in [-0.4, -0.2) is 66.9 Å². The summed E-state index contributed by atoms with van der Waals surface area (Å²) in [5.74, 6) is 1.28. The Bertz CT molecular complexity index is 964. The standard InChI is InChI=1S/C18H21N5O5/c1-27-11-5-3-2-4-10(11)6-19-16-13-17(21-8-20-16)23(9-22-13)18-15(26)14(25)12(7-24)28-18/h2-5,8-9,12,14-15,18,24-26H,6-7H2,1H3,(H,19,20,21)/t12-,14-,15-,18?/m1/s1. The number of nitrogens with one attached hydrogen (secondary N) is 1. The van der Waals surface area contributed by atoms with Crippen molar-refractivity contribution in [2.45, 2.75) is 31.1 Å². The van der Waals surface area contributed by atoms with Gasteiger partial charge in [-0.2, -0.15) is 0 Å². The molecule has 1 saturated heterocycles. The summed E-state index contributed by atoms with van der Waals surface area (Å²) in [6, 6.07) is 7.64. The number of aromatic nitrogens is 4. The lowest BCUT2D eigenvalue weighted by Crippen LogP contribution is -2.33. The second-order valence-electron chi connectivity index (χ2n) is 6.44. The largest absolute Gasteiger partial charge is 0.496 e. The highest BCUT2D eigenvalue weighted by atomic mass is 16.6. The van der Waals surface area contributed by atoms with Crippen LogP contribution in [0, 0.1) is 0 Å². The summed E-state index contributed by atoms with van der Waals surface area (Å²) in [7, 11) is 1.62. The summed E-state index contributed by atoms with van der Waals surface area (Å²) in [5, 5.41) is 32.8. The molecule has 2 aromatic heterocycles. The molecule has 3 heterocycles. The van der Waals surface area contributed by atoms with Gasteiger partial charge in [-0.3, -0.25) is 4.57 Å². The lowest BCUT2D eigenvalue weighted by molar-refractivity contribution is -0.0511. The molecule has 4 atom stereocenters. The lowest BCUT2D eigenvalue weighted by Gasteiger charge is -2.16. The number of nitrogens with zero attached hydrogens (tertiary/aromatic N) is 4. The van der Waals surface area contributed by atoms with Crippen LogP contribution in [0.1, 0.15) is 11.8 Å². The van der Waals surface area contributed by atoms with Crippen LogP contribution in [0.15, 0.2) is 36.9 Å². The summed E-state index contributed by atoms with van der Waals surface area (Å²) >= 11 is 0. The first kappa shape index (κ1) is 18.6. The van der Waals surface area contributed by atoms with Crippen LogP contribution >= 0.6 is 0 Å². The smallest absolute Gasteiger partial charge is 0.167 e. The third-order valence-corrected chi connectivity index (χ3v) is 4.79. The van der Waals surface area contributed by atoms with Crippen LogP contribution in [0.5, 0.6) is 5.75 Å². The number of imidazole rings is 1. The summed E-state index contributed by atoms with van der Waals surface area (Å²) < 4.78 is 12.4. The minimum Gasteiger partial charge on any atom is -0.496 e. The third kappa shape index (κ3) is 3.16. The second-order valence-corrected chi connectivity index (χ2v) is 6.44. The van der Waals surface area contributed by atoms with E-state index in [1.807, 2.05) is 24.3 Å². The summed E-state index contributed by atoms with van der Waals surface area (Å²) in [6.07, 6.45) is -1.34. The van der Waals surface area contributed by atoms with Gasteiger partial charge in [-0.25, -0.2) is 15.0 Å². The van der Waals surface area contributed by atoms with E-state index < -0.39 is 31.1 Å². The number of para-hydroxylation sites is 1. The molecule has 148 valence electrons. The number of hydrogen-bond donors (Lipinski definition) is 4. The van der Waals surface area contributed by atoms with Crippen molar-refractivity contribution in [3.63, 3.8) is 0 Å². The Morgan fingerprint density at radius 3 is 2.75 bits per heavy atom. The van der Waals surface area contributed by atoms with Crippen molar-refractivity contribution >= 4 is 17.0 Å². The molecule has 10 heteroatoms. The van der Waals surface area contributed by atoms with E-state index in [1.165, 1.54) is 17.2 Å². The lowest BCUT2D eigenvalue weighted by atomic mass is 10.1. The van der Waals surface area contributed by atoms with Crippen molar-refractivity contribution < 1.29 is 24.8 Å². The highest BCUT2D eigenvalue weighted by Gasteiger charge is 2.44. The van der Waals surface area contributed by atoms with Gasteiger partial charge in [0.05, 0.1) is 20.0 Å². The van der Waals surface area contributed by atoms with Crippen LogP contribution in [0.25, 0.3) is 11.2 Å². The highest BCUT2D eigenvalue weighted by Crippen LogP contribution is 2.32. The van der Waals surface area contributed by atoms with Crippen LogP contribution in [-0.2, 0) is 11.3 Å². The zero-order chi connectivity index (χ0) is 19.7. The number of aliphatic hydroxyl groups excluding tert-OH is 3. The predicted octanol–water partition coefficient (Wildman–Crippen LogP) is 0.0585. The van der Waals surface area contributed by atoms with Crippen molar-refractivity contribution in [2.24, 2.45) is 0 Å². The van der Waals surface area contributed by atoms with Gasteiger partial charge in [-0.15, -0.1) is 0 Å². The SMILES string of the molecule is COc1ccccc1CNc1ncnc2c1ncn2C1O[C@H](CO)[C@@H](O)[C@H]1O. The van der Waals surface area contributed by atoms with E-state index in [9.17, 15) is 15.3 Å². The number of hydrogen-bond acceptors (Lipinski definition) is 9. The molecule has 3 aromatic rings. The first-order valence-electron chi connectivity index (χ1n) is 8.79. The molecule has 4 rings (SSSR count). The van der Waals surface area contributed by atoms with E-state index in [4.69, 9.17) is 9.47 Å². The van der Waals surface area contributed by atoms with Gasteiger partial charge in [0.15, 0.2) is 23.2 Å². The normalized spacial score (nSPS) is 24.6. The van der Waals surface area contributed by atoms with Crippen molar-refractivity contribution in [3.8, 4) is 5.75 Å². The van der Waals surface area contributed by atoms with Gasteiger partial charge >= 0.3 is 0 Å². The topological polar surface area (TPSA) is 135 Å². The second kappa shape index (κ2) is 7.68. The molecule has 0 amide bonds. The first-order valence-corrected chi connectivity index (χ1v) is 8.79. The Morgan fingerprint density at radius 1 is 1.18 bits per heavy atom. The highest BCUT2D eigenvalue weighted by molar-refractivity contribution is 5.82. The van der Waals surface area contributed by atoms with Gasteiger partial charge in [0.1, 0.15) is 30.4 Å². The molecule has 0 spiro atoms. The Labute approximate surface area is 160 Å². The van der Waals surface area contributed by atoms with Gasteiger partial charge in [-0.1, -0.05) is 18.2 Å². The molecule has 4 N–H and O–H groups in total. The van der Waals surface area contributed by atoms with Crippen molar-refractivity contribution in [1.82, 2.24) is 19.5 Å². The first-order chi connectivity index (χ1) is 13.6. The van der Waals surface area contributed by atoms with E-state index in [0.717, 1.165) is 11.3 Å². The van der Waals surface area contributed by atoms with Gasteiger partial charge in [-0.05, 0) is 6.07 Å². The molecule has 10 nitrogen and oxygen atoms in total. The van der Waals surface area contributed by atoms with Gasteiger partial charge in [0, 0.05) is 12.1 Å². The number of methoxy groups -OCH3 is 1. The zero-order valence-electron chi connectivity index (χ0n) is 15.1. The maximum atomic E-state index is 10.3. The fourth-order valence-corrected chi connectivity index (χ4v) is 3.31. The molecule has 1 unspecified atom stereocenters. The molecule has 0 saturated carbocycles. The predicted molar refractivity (Wildman–Crippen MR) is 98.7 cm³/mol. The molecule has 1 aliphatic heterocycles. The van der Waals surface area contributed by atoms with Gasteiger partial charge in [0.2, 0.25) is 0 Å². The number of fused-ring (bicyclic) bond motifs is 1. The molecule has 0 bridgehead atoms. The summed E-state index contributed by atoms with van der Waals surface area (Å²) in [4.78, 5) is 12.8. The maximum Gasteiger partial charge on any atom is 0.167 e. The van der Waals surface area contributed by atoms with E-state index in [1.54, 1.807) is 7.11 Å². The fraction of sp³-hybridized carbons (Fsp3) is 0.389. The number of rotatable bonds is 6. The monoisotopic (exact) mass is 387 g/mol. The number of ether oxygens (including phenoxy) is 2. The van der Waals surface area contributed by atoms with E-state index in [-0.39, 0.29) is 0 Å². The van der Waals surface area contributed by atoms with Crippen molar-refractivity contribution in [2.75, 3.05) is 19.0 Å². The van der Waals surface area contributed by atoms with Crippen LogP contribution < -0.4 is 10.1 Å². The number of aliphatic hydroxyl groups is 3. The average molecular weight is 387 g/mol. The molecule has 28 heavy (non-hydrogen) atoms. The van der Waals surface area contributed by atoms with Gasteiger partial charge < -0.3 is 30.1 Å². The van der Waals surface area contributed by atoms with E-state index in [0.29, 0.717) is 23.5 Å². The van der Waals surface area contributed by atoms with Crippen LogP contribution in [0.3, 0.4) is 0 Å². The summed E-state index contributed by atoms with van der Waals surface area (Å²) in [5.41, 5.74) is 1.89. The summed E-state index contributed by atoms with van der Waals surface area (Å²) in [6.45, 7) is 0.0683. The fourth-order valence-electron chi connectivity index (χ4n) is 3.31. The third-order valence-electron chi connectivity index (χ3n) is 4.79. The van der Waals surface area contributed by atoms with Crippen LogP contribution in [0.2, 0.25) is 0 Å².